The molecule has 9 heteroatoms. The summed E-state index contributed by atoms with van der Waals surface area (Å²) in [6.45, 7) is 0. The first-order valence-corrected chi connectivity index (χ1v) is 9.90. The second-order valence-corrected chi connectivity index (χ2v) is 7.32. The van der Waals surface area contributed by atoms with E-state index in [-0.39, 0.29) is 11.7 Å². The fourth-order valence-electron chi connectivity index (χ4n) is 2.65. The van der Waals surface area contributed by atoms with Crippen LogP contribution in [0.25, 0.3) is 17.3 Å². The van der Waals surface area contributed by atoms with Crippen LogP contribution in [-0.2, 0) is 4.79 Å². The summed E-state index contributed by atoms with van der Waals surface area (Å²) in [7, 11) is 0. The SMILES string of the molecule is O=C(CSc1nnc(-c2ccco2)n1-c1ccc(Cl)cc1)Nc1cccc(F)c1. The Hall–Kier alpha value is -3.10. The number of thioether (sulfide) groups is 1. The van der Waals surface area contributed by atoms with E-state index in [4.69, 9.17) is 16.0 Å². The Bertz CT molecular complexity index is 1130. The summed E-state index contributed by atoms with van der Waals surface area (Å²) in [5, 5.41) is 12.2. The summed E-state index contributed by atoms with van der Waals surface area (Å²) in [5.41, 5.74) is 1.17. The first-order valence-electron chi connectivity index (χ1n) is 8.53. The average molecular weight is 429 g/mol. The number of halogens is 2. The normalized spacial score (nSPS) is 10.8. The van der Waals surface area contributed by atoms with E-state index >= 15 is 0 Å². The van der Waals surface area contributed by atoms with E-state index in [9.17, 15) is 9.18 Å². The molecule has 29 heavy (non-hydrogen) atoms. The van der Waals surface area contributed by atoms with Crippen LogP contribution in [0.3, 0.4) is 0 Å². The van der Waals surface area contributed by atoms with Gasteiger partial charge in [-0.25, -0.2) is 4.39 Å². The summed E-state index contributed by atoms with van der Waals surface area (Å²) in [4.78, 5) is 12.3. The van der Waals surface area contributed by atoms with Gasteiger partial charge in [0.15, 0.2) is 10.9 Å². The predicted octanol–water partition coefficient (Wildman–Crippen LogP) is 5.05. The predicted molar refractivity (Wildman–Crippen MR) is 110 cm³/mol. The van der Waals surface area contributed by atoms with Crippen molar-refractivity contribution in [2.24, 2.45) is 0 Å². The lowest BCUT2D eigenvalue weighted by atomic mass is 10.3. The molecule has 0 unspecified atom stereocenters. The molecule has 146 valence electrons. The third-order valence-corrected chi connectivity index (χ3v) is 5.08. The zero-order valence-corrected chi connectivity index (χ0v) is 16.5. The fraction of sp³-hybridized carbons (Fsp3) is 0.0500. The van der Waals surface area contributed by atoms with E-state index in [1.54, 1.807) is 41.2 Å². The summed E-state index contributed by atoms with van der Waals surface area (Å²) in [6, 6.07) is 16.4. The minimum Gasteiger partial charge on any atom is -0.461 e. The van der Waals surface area contributed by atoms with Crippen LogP contribution in [0.2, 0.25) is 5.02 Å². The maximum absolute atomic E-state index is 13.3. The number of nitrogens with one attached hydrogen (secondary N) is 1. The van der Waals surface area contributed by atoms with Crippen molar-refractivity contribution >= 4 is 35.0 Å². The molecule has 0 aliphatic rings. The number of carbonyl (C=O) groups is 1. The third kappa shape index (κ3) is 4.49. The van der Waals surface area contributed by atoms with Gasteiger partial charge in [-0.2, -0.15) is 0 Å². The highest BCUT2D eigenvalue weighted by Gasteiger charge is 2.19. The molecule has 0 radical (unpaired) electrons. The van der Waals surface area contributed by atoms with Crippen molar-refractivity contribution in [3.8, 4) is 17.3 Å². The van der Waals surface area contributed by atoms with Crippen molar-refractivity contribution in [3.05, 3.63) is 77.8 Å². The molecule has 6 nitrogen and oxygen atoms in total. The monoisotopic (exact) mass is 428 g/mol. The van der Waals surface area contributed by atoms with Gasteiger partial charge in [-0.3, -0.25) is 9.36 Å². The molecule has 2 heterocycles. The standard InChI is InChI=1S/C20H14ClFN4O2S/c21-13-6-8-16(9-7-13)26-19(17-5-2-10-28-17)24-25-20(26)29-12-18(27)23-15-4-1-3-14(22)11-15/h1-11H,12H2,(H,23,27). The molecule has 0 aliphatic carbocycles. The van der Waals surface area contributed by atoms with Crippen molar-refractivity contribution in [1.82, 2.24) is 14.8 Å². The smallest absolute Gasteiger partial charge is 0.234 e. The summed E-state index contributed by atoms with van der Waals surface area (Å²) in [6.07, 6.45) is 1.55. The number of anilines is 1. The van der Waals surface area contributed by atoms with E-state index in [1.165, 1.54) is 30.0 Å². The van der Waals surface area contributed by atoms with Crippen LogP contribution in [-0.4, -0.2) is 26.4 Å². The highest BCUT2D eigenvalue weighted by atomic mass is 35.5. The number of rotatable bonds is 6. The maximum Gasteiger partial charge on any atom is 0.234 e. The second-order valence-electron chi connectivity index (χ2n) is 5.94. The molecule has 0 atom stereocenters. The zero-order chi connectivity index (χ0) is 20.2. The summed E-state index contributed by atoms with van der Waals surface area (Å²) < 4.78 is 20.5. The van der Waals surface area contributed by atoms with Crippen molar-refractivity contribution in [2.75, 3.05) is 11.1 Å². The number of carbonyl (C=O) groups excluding carboxylic acids is 1. The van der Waals surface area contributed by atoms with Crippen molar-refractivity contribution in [3.63, 3.8) is 0 Å². The second kappa shape index (κ2) is 8.50. The Morgan fingerprint density at radius 2 is 1.97 bits per heavy atom. The number of amides is 1. The van der Waals surface area contributed by atoms with Gasteiger partial charge in [0.25, 0.3) is 0 Å². The molecule has 1 N–H and O–H groups in total. The van der Waals surface area contributed by atoms with Gasteiger partial charge >= 0.3 is 0 Å². The fourth-order valence-corrected chi connectivity index (χ4v) is 3.52. The number of hydrogen-bond acceptors (Lipinski definition) is 5. The molecule has 1 amide bonds. The van der Waals surface area contributed by atoms with E-state index in [2.05, 4.69) is 15.5 Å². The molecule has 2 aromatic heterocycles. The summed E-state index contributed by atoms with van der Waals surface area (Å²) in [5.74, 6) is 0.418. The molecule has 4 rings (SSSR count). The Kier molecular flexibility index (Phi) is 5.64. The molecular formula is C20H14ClFN4O2S. The maximum atomic E-state index is 13.3. The van der Waals surface area contributed by atoms with Gasteiger partial charge in [0.2, 0.25) is 11.7 Å². The molecule has 4 aromatic rings. The van der Waals surface area contributed by atoms with Crippen LogP contribution in [0.5, 0.6) is 0 Å². The summed E-state index contributed by atoms with van der Waals surface area (Å²) >= 11 is 7.20. The average Bonchev–Trinajstić information content (AvgIpc) is 3.37. The lowest BCUT2D eigenvalue weighted by Gasteiger charge is -2.09. The lowest BCUT2D eigenvalue weighted by Crippen LogP contribution is -2.14. The molecule has 2 aromatic carbocycles. The van der Waals surface area contributed by atoms with Crippen molar-refractivity contribution in [2.45, 2.75) is 5.16 Å². The highest BCUT2D eigenvalue weighted by molar-refractivity contribution is 7.99. The van der Waals surface area contributed by atoms with E-state index < -0.39 is 5.82 Å². The lowest BCUT2D eigenvalue weighted by molar-refractivity contribution is -0.113. The molecule has 0 fully saturated rings. The van der Waals surface area contributed by atoms with Crippen LogP contribution in [0.1, 0.15) is 0 Å². The van der Waals surface area contributed by atoms with Crippen LogP contribution in [0.15, 0.2) is 76.5 Å². The zero-order valence-electron chi connectivity index (χ0n) is 14.9. The number of nitrogens with zero attached hydrogens (tertiary/aromatic N) is 3. The topological polar surface area (TPSA) is 73.0 Å². The van der Waals surface area contributed by atoms with Crippen LogP contribution in [0.4, 0.5) is 10.1 Å². The Morgan fingerprint density at radius 3 is 2.69 bits per heavy atom. The highest BCUT2D eigenvalue weighted by Crippen LogP contribution is 2.29. The first-order chi connectivity index (χ1) is 14.1. The van der Waals surface area contributed by atoms with Crippen LogP contribution in [0, 0.1) is 5.82 Å². The van der Waals surface area contributed by atoms with Gasteiger partial charge in [0.1, 0.15) is 5.82 Å². The number of hydrogen-bond donors (Lipinski definition) is 1. The minimum absolute atomic E-state index is 0.0698. The molecule has 0 spiro atoms. The molecular weight excluding hydrogens is 415 g/mol. The van der Waals surface area contributed by atoms with Crippen molar-refractivity contribution < 1.29 is 13.6 Å². The Balaban J connectivity index is 1.57. The number of aromatic nitrogens is 3. The quantitative estimate of drug-likeness (QED) is 0.435. The molecule has 0 bridgehead atoms. The van der Waals surface area contributed by atoms with Gasteiger partial charge < -0.3 is 9.73 Å². The van der Waals surface area contributed by atoms with Crippen LogP contribution < -0.4 is 5.32 Å². The van der Waals surface area contributed by atoms with Gasteiger partial charge in [-0.1, -0.05) is 29.4 Å². The molecule has 0 aliphatic heterocycles. The van der Waals surface area contributed by atoms with E-state index in [0.717, 1.165) is 5.69 Å². The molecule has 0 saturated carbocycles. The van der Waals surface area contributed by atoms with Gasteiger partial charge in [-0.15, -0.1) is 10.2 Å². The largest absolute Gasteiger partial charge is 0.461 e. The van der Waals surface area contributed by atoms with E-state index in [1.807, 2.05) is 12.1 Å². The van der Waals surface area contributed by atoms with E-state index in [0.29, 0.717) is 27.5 Å². The van der Waals surface area contributed by atoms with Gasteiger partial charge in [-0.05, 0) is 54.6 Å². The van der Waals surface area contributed by atoms with Gasteiger partial charge in [0, 0.05) is 16.4 Å². The van der Waals surface area contributed by atoms with Crippen LogP contribution >= 0.6 is 23.4 Å². The minimum atomic E-state index is -0.416. The van der Waals surface area contributed by atoms with Crippen molar-refractivity contribution in [1.29, 1.82) is 0 Å². The molecule has 0 saturated heterocycles. The first kappa shape index (κ1) is 19.2. The van der Waals surface area contributed by atoms with Gasteiger partial charge in [0.05, 0.1) is 12.0 Å². The Morgan fingerprint density at radius 1 is 1.14 bits per heavy atom. The Labute approximate surface area is 174 Å². The third-order valence-electron chi connectivity index (χ3n) is 3.90. The number of furan rings is 1. The number of benzene rings is 2.